The summed E-state index contributed by atoms with van der Waals surface area (Å²) in [6, 6.07) is -0.245. The average molecular weight is 271 g/mol. The SMILES string of the molecule is C/C(=C(/F)C(=O)NCCNC(=O)NC(C)C)C1CC1. The van der Waals surface area contributed by atoms with Gasteiger partial charge in [0.2, 0.25) is 0 Å². The number of carbonyl (C=O) groups excluding carboxylic acids is 2. The van der Waals surface area contributed by atoms with Crippen molar-refractivity contribution in [1.29, 1.82) is 0 Å². The van der Waals surface area contributed by atoms with Crippen LogP contribution in [0.4, 0.5) is 9.18 Å². The minimum Gasteiger partial charge on any atom is -0.348 e. The van der Waals surface area contributed by atoms with Gasteiger partial charge in [-0.2, -0.15) is 0 Å². The molecule has 1 saturated carbocycles. The highest BCUT2D eigenvalue weighted by Crippen LogP contribution is 2.37. The first-order chi connectivity index (χ1) is 8.91. The average Bonchev–Trinajstić information content (AvgIpc) is 3.15. The summed E-state index contributed by atoms with van der Waals surface area (Å²) in [5, 5.41) is 7.66. The lowest BCUT2D eigenvalue weighted by Gasteiger charge is -2.10. The normalized spacial score (nSPS) is 15.8. The number of hydrogen-bond acceptors (Lipinski definition) is 2. The Hall–Kier alpha value is -1.59. The van der Waals surface area contributed by atoms with E-state index in [2.05, 4.69) is 16.0 Å². The molecule has 0 atom stereocenters. The molecule has 5 nitrogen and oxygen atoms in total. The second-order valence-corrected chi connectivity index (χ2v) is 5.08. The topological polar surface area (TPSA) is 70.2 Å². The number of urea groups is 1. The molecule has 108 valence electrons. The summed E-state index contributed by atoms with van der Waals surface area (Å²) < 4.78 is 13.6. The van der Waals surface area contributed by atoms with Crippen LogP contribution >= 0.6 is 0 Å². The van der Waals surface area contributed by atoms with Crippen molar-refractivity contribution >= 4 is 11.9 Å². The van der Waals surface area contributed by atoms with E-state index in [-0.39, 0.29) is 31.1 Å². The third-order valence-electron chi connectivity index (χ3n) is 2.85. The molecule has 0 saturated heterocycles. The quantitative estimate of drug-likeness (QED) is 0.505. The number of hydrogen-bond donors (Lipinski definition) is 3. The van der Waals surface area contributed by atoms with Gasteiger partial charge in [0.15, 0.2) is 5.83 Å². The van der Waals surface area contributed by atoms with Crippen LogP contribution in [0, 0.1) is 5.92 Å². The second-order valence-electron chi connectivity index (χ2n) is 5.08. The molecule has 1 aliphatic carbocycles. The molecule has 6 heteroatoms. The van der Waals surface area contributed by atoms with Crippen molar-refractivity contribution in [2.24, 2.45) is 5.92 Å². The van der Waals surface area contributed by atoms with Crippen molar-refractivity contribution in [2.45, 2.75) is 39.7 Å². The summed E-state index contributed by atoms with van der Waals surface area (Å²) in [7, 11) is 0. The van der Waals surface area contributed by atoms with E-state index in [1.54, 1.807) is 6.92 Å². The van der Waals surface area contributed by atoms with Gasteiger partial charge in [-0.05, 0) is 45.1 Å². The van der Waals surface area contributed by atoms with Gasteiger partial charge in [0.05, 0.1) is 0 Å². The van der Waals surface area contributed by atoms with Gasteiger partial charge in [0.25, 0.3) is 5.91 Å². The number of halogens is 1. The molecule has 0 aromatic carbocycles. The summed E-state index contributed by atoms with van der Waals surface area (Å²) in [5.41, 5.74) is 0.531. The summed E-state index contributed by atoms with van der Waals surface area (Å²) in [5.74, 6) is -1.15. The zero-order chi connectivity index (χ0) is 14.4. The molecule has 1 aliphatic rings. The lowest BCUT2D eigenvalue weighted by molar-refractivity contribution is -0.118. The fourth-order valence-electron chi connectivity index (χ4n) is 1.62. The molecule has 0 heterocycles. The highest BCUT2D eigenvalue weighted by molar-refractivity contribution is 5.92. The van der Waals surface area contributed by atoms with Crippen LogP contribution in [0.1, 0.15) is 33.6 Å². The molecular weight excluding hydrogens is 249 g/mol. The number of carbonyl (C=O) groups is 2. The van der Waals surface area contributed by atoms with Gasteiger partial charge in [-0.15, -0.1) is 0 Å². The second kappa shape index (κ2) is 7.11. The van der Waals surface area contributed by atoms with Gasteiger partial charge < -0.3 is 16.0 Å². The van der Waals surface area contributed by atoms with Crippen molar-refractivity contribution in [3.63, 3.8) is 0 Å². The van der Waals surface area contributed by atoms with E-state index < -0.39 is 11.7 Å². The van der Waals surface area contributed by atoms with E-state index in [0.717, 1.165) is 12.8 Å². The highest BCUT2D eigenvalue weighted by Gasteiger charge is 2.27. The zero-order valence-electron chi connectivity index (χ0n) is 11.7. The summed E-state index contributed by atoms with van der Waals surface area (Å²) in [4.78, 5) is 22.7. The Morgan fingerprint density at radius 2 is 1.79 bits per heavy atom. The van der Waals surface area contributed by atoms with Crippen LogP contribution in [0.2, 0.25) is 0 Å². The lowest BCUT2D eigenvalue weighted by atomic mass is 10.1. The molecule has 0 aliphatic heterocycles. The molecule has 0 spiro atoms. The molecule has 1 fully saturated rings. The molecule has 19 heavy (non-hydrogen) atoms. The third kappa shape index (κ3) is 5.72. The van der Waals surface area contributed by atoms with Crippen LogP contribution in [0.25, 0.3) is 0 Å². The van der Waals surface area contributed by atoms with Crippen molar-refractivity contribution < 1.29 is 14.0 Å². The zero-order valence-corrected chi connectivity index (χ0v) is 11.7. The van der Waals surface area contributed by atoms with Crippen LogP contribution in [0.3, 0.4) is 0 Å². The minimum atomic E-state index is -0.699. The predicted molar refractivity (Wildman–Crippen MR) is 71.2 cm³/mol. The van der Waals surface area contributed by atoms with Crippen LogP contribution in [-0.2, 0) is 4.79 Å². The van der Waals surface area contributed by atoms with E-state index in [4.69, 9.17) is 0 Å². The van der Waals surface area contributed by atoms with Crippen molar-refractivity contribution in [2.75, 3.05) is 13.1 Å². The number of amides is 3. The standard InChI is InChI=1S/C13H22FN3O2/c1-8(2)17-13(19)16-7-6-15-12(18)11(14)9(3)10-4-5-10/h8,10H,4-7H2,1-3H3,(H,15,18)(H2,16,17,19)/b11-9-. The monoisotopic (exact) mass is 271 g/mol. The summed E-state index contributed by atoms with van der Waals surface area (Å²) >= 11 is 0. The van der Waals surface area contributed by atoms with E-state index in [0.29, 0.717) is 5.57 Å². The van der Waals surface area contributed by atoms with E-state index in [1.165, 1.54) is 0 Å². The minimum absolute atomic E-state index is 0.0520. The van der Waals surface area contributed by atoms with Crippen molar-refractivity contribution in [3.8, 4) is 0 Å². The maximum Gasteiger partial charge on any atom is 0.315 e. The molecule has 0 bridgehead atoms. The van der Waals surface area contributed by atoms with Crippen molar-refractivity contribution in [1.82, 2.24) is 16.0 Å². The van der Waals surface area contributed by atoms with Gasteiger partial charge in [-0.1, -0.05) is 0 Å². The van der Waals surface area contributed by atoms with E-state index in [9.17, 15) is 14.0 Å². The van der Waals surface area contributed by atoms with Gasteiger partial charge in [-0.3, -0.25) is 4.79 Å². The van der Waals surface area contributed by atoms with E-state index in [1.807, 2.05) is 13.8 Å². The highest BCUT2D eigenvalue weighted by atomic mass is 19.1. The molecule has 1 rings (SSSR count). The molecule has 3 N–H and O–H groups in total. The summed E-state index contributed by atoms with van der Waals surface area (Å²) in [6.07, 6.45) is 1.92. The first-order valence-corrected chi connectivity index (χ1v) is 6.60. The van der Waals surface area contributed by atoms with Crippen LogP contribution in [0.5, 0.6) is 0 Å². The van der Waals surface area contributed by atoms with E-state index >= 15 is 0 Å². The largest absolute Gasteiger partial charge is 0.348 e. The smallest absolute Gasteiger partial charge is 0.315 e. The lowest BCUT2D eigenvalue weighted by Crippen LogP contribution is -2.42. The van der Waals surface area contributed by atoms with Crippen molar-refractivity contribution in [3.05, 3.63) is 11.4 Å². The Kier molecular flexibility index (Phi) is 5.79. The maximum atomic E-state index is 13.6. The molecule has 0 unspecified atom stereocenters. The Labute approximate surface area is 113 Å². The van der Waals surface area contributed by atoms with Crippen LogP contribution in [-0.4, -0.2) is 31.1 Å². The van der Waals surface area contributed by atoms with Gasteiger partial charge in [0, 0.05) is 19.1 Å². The number of rotatable bonds is 6. The molecule has 0 aromatic heterocycles. The fraction of sp³-hybridized carbons (Fsp3) is 0.692. The van der Waals surface area contributed by atoms with Gasteiger partial charge in [0.1, 0.15) is 0 Å². The Bertz CT molecular complexity index is 376. The Morgan fingerprint density at radius 1 is 1.21 bits per heavy atom. The van der Waals surface area contributed by atoms with Crippen LogP contribution < -0.4 is 16.0 Å². The molecular formula is C13H22FN3O2. The molecule has 3 amide bonds. The third-order valence-corrected chi connectivity index (χ3v) is 2.85. The Morgan fingerprint density at radius 3 is 2.32 bits per heavy atom. The first kappa shape index (κ1) is 15.5. The molecule has 0 aromatic rings. The van der Waals surface area contributed by atoms with Crippen LogP contribution in [0.15, 0.2) is 11.4 Å². The van der Waals surface area contributed by atoms with Gasteiger partial charge >= 0.3 is 6.03 Å². The molecule has 0 radical (unpaired) electrons. The summed E-state index contributed by atoms with van der Waals surface area (Å²) in [6.45, 7) is 5.82. The predicted octanol–water partition coefficient (Wildman–Crippen LogP) is 1.46. The first-order valence-electron chi connectivity index (χ1n) is 6.60. The maximum absolute atomic E-state index is 13.6. The van der Waals surface area contributed by atoms with Gasteiger partial charge in [-0.25, -0.2) is 9.18 Å². The number of nitrogens with one attached hydrogen (secondary N) is 3. The number of allylic oxidation sites excluding steroid dienone is 1. The fourth-order valence-corrected chi connectivity index (χ4v) is 1.62. The Balaban J connectivity index is 2.20.